The van der Waals surface area contributed by atoms with Gasteiger partial charge in [-0.05, 0) is 82.4 Å². The number of rotatable bonds is 7. The van der Waals surface area contributed by atoms with E-state index in [1.165, 1.54) is 21.8 Å². The molecular formula is C52H34N4O. The van der Waals surface area contributed by atoms with Gasteiger partial charge in [-0.15, -0.1) is 0 Å². The van der Waals surface area contributed by atoms with Gasteiger partial charge in [0.15, 0.2) is 11.6 Å². The van der Waals surface area contributed by atoms with E-state index in [1.54, 1.807) is 0 Å². The van der Waals surface area contributed by atoms with Crippen molar-refractivity contribution in [2.45, 2.75) is 6.42 Å². The molecule has 5 heteroatoms. The molecule has 8 aromatic carbocycles. The molecule has 3 aromatic heterocycles. The number of benzene rings is 8. The molecule has 0 aliphatic carbocycles. The van der Waals surface area contributed by atoms with Crippen LogP contribution in [0.3, 0.4) is 0 Å². The van der Waals surface area contributed by atoms with E-state index in [0.717, 1.165) is 66.6 Å². The summed E-state index contributed by atoms with van der Waals surface area (Å²) in [6, 6.07) is 67.8. The molecule has 0 saturated carbocycles. The van der Waals surface area contributed by atoms with Crippen LogP contribution in [-0.2, 0) is 6.42 Å². The zero-order chi connectivity index (χ0) is 37.7. The van der Waals surface area contributed by atoms with Crippen LogP contribution in [0, 0.1) is 0 Å². The first-order valence-electron chi connectivity index (χ1n) is 19.2. The van der Waals surface area contributed by atoms with E-state index >= 15 is 0 Å². The molecule has 0 bridgehead atoms. The first-order valence-corrected chi connectivity index (χ1v) is 19.2. The predicted molar refractivity (Wildman–Crippen MR) is 232 cm³/mol. The lowest BCUT2D eigenvalue weighted by atomic mass is 9.98. The second kappa shape index (κ2) is 13.6. The van der Waals surface area contributed by atoms with Gasteiger partial charge < -0.3 is 8.98 Å². The summed E-state index contributed by atoms with van der Waals surface area (Å²) in [7, 11) is 0. The van der Waals surface area contributed by atoms with Gasteiger partial charge in [-0.1, -0.05) is 140 Å². The monoisotopic (exact) mass is 730 g/mol. The number of hydrogen-bond donors (Lipinski definition) is 0. The molecular weight excluding hydrogens is 697 g/mol. The highest BCUT2D eigenvalue weighted by Gasteiger charge is 2.18. The molecule has 11 rings (SSSR count). The zero-order valence-corrected chi connectivity index (χ0v) is 30.9. The standard InChI is InChI=1S/C52H34N4O/c1-4-14-34(15-5-1)36-18-12-20-40(30-36)52-54-49(53-51(55-52)35-16-6-2-7-17-35)33-39-19-13-25-48-50(39)44-32-38(27-29-47(44)57-48)37-26-28-46-43(31-37)42-23-10-11-24-45(42)56(46)41-21-8-3-9-22-41/h1-32H,33H2. The summed E-state index contributed by atoms with van der Waals surface area (Å²) in [5, 5.41) is 4.59. The third kappa shape index (κ3) is 5.85. The van der Waals surface area contributed by atoms with Crippen molar-refractivity contribution in [2.75, 3.05) is 0 Å². The third-order valence-electron chi connectivity index (χ3n) is 10.9. The summed E-state index contributed by atoms with van der Waals surface area (Å²) >= 11 is 0. The fourth-order valence-corrected chi connectivity index (χ4v) is 8.22. The average Bonchev–Trinajstić information content (AvgIpc) is 3.83. The molecule has 0 fully saturated rings. The second-order valence-corrected chi connectivity index (χ2v) is 14.4. The summed E-state index contributed by atoms with van der Waals surface area (Å²) < 4.78 is 8.84. The van der Waals surface area contributed by atoms with Gasteiger partial charge in [0.25, 0.3) is 0 Å². The third-order valence-corrected chi connectivity index (χ3v) is 10.9. The fraction of sp³-hybridized carbons (Fsp3) is 0.0192. The van der Waals surface area contributed by atoms with Crippen molar-refractivity contribution in [3.63, 3.8) is 0 Å². The molecule has 0 unspecified atom stereocenters. The minimum Gasteiger partial charge on any atom is -0.456 e. The molecule has 0 atom stereocenters. The summed E-state index contributed by atoms with van der Waals surface area (Å²) in [6.45, 7) is 0. The Morgan fingerprint density at radius 1 is 0.386 bits per heavy atom. The smallest absolute Gasteiger partial charge is 0.163 e. The van der Waals surface area contributed by atoms with Crippen molar-refractivity contribution in [2.24, 2.45) is 0 Å². The molecule has 0 saturated heterocycles. The van der Waals surface area contributed by atoms with Crippen LogP contribution in [0.25, 0.3) is 94.5 Å². The van der Waals surface area contributed by atoms with Gasteiger partial charge in [-0.25, -0.2) is 15.0 Å². The topological polar surface area (TPSA) is 56.7 Å². The minimum atomic E-state index is 0.509. The zero-order valence-electron chi connectivity index (χ0n) is 30.9. The summed E-state index contributed by atoms with van der Waals surface area (Å²) in [5.74, 6) is 1.99. The maximum atomic E-state index is 6.49. The quantitative estimate of drug-likeness (QED) is 0.164. The molecule has 0 amide bonds. The van der Waals surface area contributed by atoms with Crippen molar-refractivity contribution in [1.29, 1.82) is 0 Å². The van der Waals surface area contributed by atoms with E-state index in [-0.39, 0.29) is 0 Å². The second-order valence-electron chi connectivity index (χ2n) is 14.4. The maximum absolute atomic E-state index is 6.49. The van der Waals surface area contributed by atoms with Gasteiger partial charge in [0.2, 0.25) is 0 Å². The lowest BCUT2D eigenvalue weighted by molar-refractivity contribution is 0.668. The van der Waals surface area contributed by atoms with Crippen LogP contribution in [-0.4, -0.2) is 19.5 Å². The van der Waals surface area contributed by atoms with E-state index < -0.39 is 0 Å². The SMILES string of the molecule is c1ccc(-c2cccc(-c3nc(Cc4cccc5oc6ccc(-c7ccc8c(c7)c7ccccc7n8-c7ccccc7)cc6c45)nc(-c4ccccc4)n3)c2)cc1. The predicted octanol–water partition coefficient (Wildman–Crippen LogP) is 13.1. The van der Waals surface area contributed by atoms with Crippen molar-refractivity contribution >= 4 is 43.7 Å². The Morgan fingerprint density at radius 2 is 0.982 bits per heavy atom. The molecule has 11 aromatic rings. The van der Waals surface area contributed by atoms with E-state index in [1.807, 2.05) is 42.5 Å². The van der Waals surface area contributed by atoms with Crippen molar-refractivity contribution in [1.82, 2.24) is 19.5 Å². The Balaban J connectivity index is 1.02. The molecule has 0 aliphatic rings. The maximum Gasteiger partial charge on any atom is 0.163 e. The van der Waals surface area contributed by atoms with E-state index in [4.69, 9.17) is 19.4 Å². The average molecular weight is 731 g/mol. The molecule has 268 valence electrons. The van der Waals surface area contributed by atoms with Crippen LogP contribution < -0.4 is 0 Å². The number of fused-ring (bicyclic) bond motifs is 6. The van der Waals surface area contributed by atoms with Crippen LogP contribution in [0.2, 0.25) is 0 Å². The van der Waals surface area contributed by atoms with E-state index in [9.17, 15) is 0 Å². The number of para-hydroxylation sites is 2. The Morgan fingerprint density at radius 3 is 1.79 bits per heavy atom. The van der Waals surface area contributed by atoms with Gasteiger partial charge in [-0.3, -0.25) is 0 Å². The lowest BCUT2D eigenvalue weighted by Crippen LogP contribution is -2.04. The van der Waals surface area contributed by atoms with Crippen LogP contribution in [0.1, 0.15) is 11.4 Å². The largest absolute Gasteiger partial charge is 0.456 e. The molecule has 0 aliphatic heterocycles. The van der Waals surface area contributed by atoms with Crippen LogP contribution in [0.4, 0.5) is 0 Å². The van der Waals surface area contributed by atoms with Gasteiger partial charge in [0.05, 0.1) is 11.0 Å². The van der Waals surface area contributed by atoms with Gasteiger partial charge in [0.1, 0.15) is 17.0 Å². The summed E-state index contributed by atoms with van der Waals surface area (Å²) in [5.41, 5.74) is 12.7. The number of furan rings is 1. The van der Waals surface area contributed by atoms with Crippen molar-refractivity contribution < 1.29 is 4.42 Å². The van der Waals surface area contributed by atoms with E-state index in [0.29, 0.717) is 23.9 Å². The molecule has 0 N–H and O–H groups in total. The molecule has 57 heavy (non-hydrogen) atoms. The molecule has 0 radical (unpaired) electrons. The van der Waals surface area contributed by atoms with Gasteiger partial charge in [-0.2, -0.15) is 0 Å². The molecule has 5 nitrogen and oxygen atoms in total. The first kappa shape index (κ1) is 32.8. The minimum absolute atomic E-state index is 0.509. The summed E-state index contributed by atoms with van der Waals surface area (Å²) in [6.07, 6.45) is 0.509. The normalized spacial score (nSPS) is 11.6. The molecule has 3 heterocycles. The highest BCUT2D eigenvalue weighted by Crippen LogP contribution is 2.38. The fourth-order valence-electron chi connectivity index (χ4n) is 8.22. The van der Waals surface area contributed by atoms with E-state index in [2.05, 4.69) is 156 Å². The lowest BCUT2D eigenvalue weighted by Gasteiger charge is -2.10. The number of nitrogens with zero attached hydrogens (tertiary/aromatic N) is 4. The Hall–Kier alpha value is -7.63. The highest BCUT2D eigenvalue weighted by atomic mass is 16.3. The number of hydrogen-bond acceptors (Lipinski definition) is 4. The number of aromatic nitrogens is 4. The van der Waals surface area contributed by atoms with Crippen LogP contribution in [0.15, 0.2) is 199 Å². The summed E-state index contributed by atoms with van der Waals surface area (Å²) in [4.78, 5) is 15.2. The highest BCUT2D eigenvalue weighted by molar-refractivity contribution is 6.11. The van der Waals surface area contributed by atoms with Crippen molar-refractivity contribution in [3.8, 4) is 50.7 Å². The van der Waals surface area contributed by atoms with Crippen molar-refractivity contribution in [3.05, 3.63) is 206 Å². The Kier molecular flexibility index (Phi) is 7.81. The Bertz CT molecular complexity index is 3260. The Labute approximate surface area is 329 Å². The first-order chi connectivity index (χ1) is 28.2. The van der Waals surface area contributed by atoms with Crippen LogP contribution >= 0.6 is 0 Å². The van der Waals surface area contributed by atoms with Gasteiger partial charge >= 0.3 is 0 Å². The van der Waals surface area contributed by atoms with Gasteiger partial charge in [0, 0.05) is 44.8 Å². The van der Waals surface area contributed by atoms with Crippen LogP contribution in [0.5, 0.6) is 0 Å². The molecule has 0 spiro atoms.